The third-order valence-corrected chi connectivity index (χ3v) is 3.80. The molecule has 0 unspecified atom stereocenters. The fraction of sp³-hybridized carbons (Fsp3) is 0.200. The molecule has 2 aromatic carbocycles. The summed E-state index contributed by atoms with van der Waals surface area (Å²) in [5, 5.41) is 7.90. The Kier molecular flexibility index (Phi) is 6.38. The van der Waals surface area contributed by atoms with E-state index in [9.17, 15) is 9.59 Å². The standard InChI is InChI=1S/C20H22N4O2/c1-13-5-9-17(10-6-13)15(3)21-23-19(25)20(26)24-22-16(4)18-11-7-14(2)8-12-18/h5-12H,1-4H3,(H,23,25)(H,24,26)/b21-15+,22-16+. The van der Waals surface area contributed by atoms with Crippen LogP contribution in [0.5, 0.6) is 0 Å². The Bertz CT molecular complexity index is 777. The molecule has 2 N–H and O–H groups in total. The molecule has 2 aromatic rings. The number of aryl methyl sites for hydroxylation is 2. The average molecular weight is 350 g/mol. The Morgan fingerprint density at radius 1 is 0.654 bits per heavy atom. The Balaban J connectivity index is 1.93. The van der Waals surface area contributed by atoms with Crippen LogP contribution in [0.4, 0.5) is 0 Å². The van der Waals surface area contributed by atoms with Gasteiger partial charge in [-0.3, -0.25) is 9.59 Å². The molecule has 0 aliphatic carbocycles. The second-order valence-corrected chi connectivity index (χ2v) is 6.01. The van der Waals surface area contributed by atoms with E-state index in [1.54, 1.807) is 13.8 Å². The van der Waals surface area contributed by atoms with Crippen molar-refractivity contribution >= 4 is 23.2 Å². The van der Waals surface area contributed by atoms with Gasteiger partial charge >= 0.3 is 11.8 Å². The molecule has 0 atom stereocenters. The van der Waals surface area contributed by atoms with Crippen molar-refractivity contribution in [2.75, 3.05) is 0 Å². The third-order valence-electron chi connectivity index (χ3n) is 3.80. The zero-order valence-corrected chi connectivity index (χ0v) is 15.3. The number of amides is 2. The van der Waals surface area contributed by atoms with Crippen LogP contribution in [0.3, 0.4) is 0 Å². The molecule has 0 aliphatic heterocycles. The van der Waals surface area contributed by atoms with Gasteiger partial charge < -0.3 is 0 Å². The van der Waals surface area contributed by atoms with Crippen molar-refractivity contribution in [3.63, 3.8) is 0 Å². The molecular formula is C20H22N4O2. The van der Waals surface area contributed by atoms with Gasteiger partial charge in [-0.1, -0.05) is 59.7 Å². The predicted octanol–water partition coefficient (Wildman–Crippen LogP) is 2.68. The third kappa shape index (κ3) is 5.37. The molecule has 0 saturated heterocycles. The highest BCUT2D eigenvalue weighted by molar-refractivity contribution is 6.35. The van der Waals surface area contributed by atoms with Crippen LogP contribution in [0.25, 0.3) is 0 Å². The zero-order chi connectivity index (χ0) is 19.1. The highest BCUT2D eigenvalue weighted by atomic mass is 16.2. The van der Waals surface area contributed by atoms with E-state index < -0.39 is 11.8 Å². The lowest BCUT2D eigenvalue weighted by Gasteiger charge is -2.04. The van der Waals surface area contributed by atoms with E-state index >= 15 is 0 Å². The summed E-state index contributed by atoms with van der Waals surface area (Å²) >= 11 is 0. The maximum atomic E-state index is 11.8. The molecule has 134 valence electrons. The maximum Gasteiger partial charge on any atom is 0.331 e. The first-order valence-electron chi connectivity index (χ1n) is 8.20. The van der Waals surface area contributed by atoms with Gasteiger partial charge in [0, 0.05) is 0 Å². The van der Waals surface area contributed by atoms with Crippen LogP contribution >= 0.6 is 0 Å². The highest BCUT2D eigenvalue weighted by Crippen LogP contribution is 2.05. The van der Waals surface area contributed by atoms with Crippen molar-refractivity contribution < 1.29 is 9.59 Å². The fourth-order valence-corrected chi connectivity index (χ4v) is 2.09. The van der Waals surface area contributed by atoms with Gasteiger partial charge in [0.25, 0.3) is 0 Å². The maximum absolute atomic E-state index is 11.8. The van der Waals surface area contributed by atoms with E-state index in [1.807, 2.05) is 62.4 Å². The van der Waals surface area contributed by atoms with Crippen LogP contribution in [0.1, 0.15) is 36.1 Å². The molecule has 0 fully saturated rings. The Hall–Kier alpha value is -3.28. The van der Waals surface area contributed by atoms with E-state index in [0.717, 1.165) is 22.3 Å². The molecule has 0 spiro atoms. The van der Waals surface area contributed by atoms with Crippen LogP contribution in [-0.2, 0) is 9.59 Å². The quantitative estimate of drug-likeness (QED) is 0.505. The summed E-state index contributed by atoms with van der Waals surface area (Å²) in [6.45, 7) is 7.48. The van der Waals surface area contributed by atoms with Gasteiger partial charge in [-0.2, -0.15) is 10.2 Å². The largest absolute Gasteiger partial charge is 0.331 e. The first-order valence-corrected chi connectivity index (χ1v) is 8.20. The van der Waals surface area contributed by atoms with Gasteiger partial charge in [-0.15, -0.1) is 0 Å². The summed E-state index contributed by atoms with van der Waals surface area (Å²) in [5.41, 5.74) is 9.67. The molecule has 0 heterocycles. The molecule has 2 rings (SSSR count). The second kappa shape index (κ2) is 8.71. The topological polar surface area (TPSA) is 82.9 Å². The molecule has 6 heteroatoms. The number of hydrogen-bond acceptors (Lipinski definition) is 4. The second-order valence-electron chi connectivity index (χ2n) is 6.01. The van der Waals surface area contributed by atoms with E-state index in [2.05, 4.69) is 21.1 Å². The molecule has 2 amide bonds. The molecule has 26 heavy (non-hydrogen) atoms. The summed E-state index contributed by atoms with van der Waals surface area (Å²) < 4.78 is 0. The van der Waals surface area contributed by atoms with Crippen LogP contribution in [0.15, 0.2) is 58.7 Å². The number of hydrazone groups is 2. The average Bonchev–Trinajstić information content (AvgIpc) is 2.64. The summed E-state index contributed by atoms with van der Waals surface area (Å²) in [6, 6.07) is 15.4. The number of nitrogens with zero attached hydrogens (tertiary/aromatic N) is 2. The van der Waals surface area contributed by atoms with Gasteiger partial charge in [0.05, 0.1) is 11.4 Å². The molecular weight excluding hydrogens is 328 g/mol. The number of carbonyl (C=O) groups is 2. The number of carbonyl (C=O) groups excluding carboxylic acids is 2. The normalized spacial score (nSPS) is 11.8. The minimum absolute atomic E-state index is 0.602. The molecule has 0 bridgehead atoms. The van der Waals surface area contributed by atoms with Crippen molar-refractivity contribution in [3.8, 4) is 0 Å². The molecule has 0 radical (unpaired) electrons. The molecule has 0 aromatic heterocycles. The smallest absolute Gasteiger partial charge is 0.262 e. The number of rotatable bonds is 4. The Morgan fingerprint density at radius 2 is 0.962 bits per heavy atom. The first kappa shape index (κ1) is 19.1. The van der Waals surface area contributed by atoms with Crippen molar-refractivity contribution in [1.82, 2.24) is 10.9 Å². The van der Waals surface area contributed by atoms with Crippen molar-refractivity contribution in [2.45, 2.75) is 27.7 Å². The Labute approximate surface area is 153 Å². The summed E-state index contributed by atoms with van der Waals surface area (Å²) in [4.78, 5) is 23.7. The molecule has 0 aliphatic rings. The lowest BCUT2D eigenvalue weighted by atomic mass is 10.1. The van der Waals surface area contributed by atoms with Crippen LogP contribution < -0.4 is 10.9 Å². The SMILES string of the molecule is C/C(=N\NC(=O)C(=O)N/N=C(\C)c1ccc(C)cc1)c1ccc(C)cc1. The van der Waals surface area contributed by atoms with Gasteiger partial charge in [0.15, 0.2) is 0 Å². The van der Waals surface area contributed by atoms with Crippen molar-refractivity contribution in [3.05, 3.63) is 70.8 Å². The number of nitrogens with one attached hydrogen (secondary N) is 2. The minimum Gasteiger partial charge on any atom is -0.262 e. The van der Waals surface area contributed by atoms with Crippen LogP contribution in [-0.4, -0.2) is 23.2 Å². The van der Waals surface area contributed by atoms with Crippen molar-refractivity contribution in [1.29, 1.82) is 0 Å². The lowest BCUT2D eigenvalue weighted by Crippen LogP contribution is -2.36. The zero-order valence-electron chi connectivity index (χ0n) is 15.3. The first-order chi connectivity index (χ1) is 12.4. The van der Waals surface area contributed by atoms with E-state index in [-0.39, 0.29) is 0 Å². The molecule has 0 saturated carbocycles. The highest BCUT2D eigenvalue weighted by Gasteiger charge is 2.12. The summed E-state index contributed by atoms with van der Waals surface area (Å²) in [7, 11) is 0. The van der Waals surface area contributed by atoms with Crippen LogP contribution in [0.2, 0.25) is 0 Å². The van der Waals surface area contributed by atoms with Gasteiger partial charge in [-0.05, 0) is 38.8 Å². The minimum atomic E-state index is -0.878. The number of hydrogen-bond donors (Lipinski definition) is 2. The van der Waals surface area contributed by atoms with Crippen LogP contribution in [0, 0.1) is 13.8 Å². The van der Waals surface area contributed by atoms with E-state index in [4.69, 9.17) is 0 Å². The lowest BCUT2D eigenvalue weighted by molar-refractivity contribution is -0.139. The van der Waals surface area contributed by atoms with Crippen molar-refractivity contribution in [2.24, 2.45) is 10.2 Å². The molecule has 6 nitrogen and oxygen atoms in total. The van der Waals surface area contributed by atoms with Gasteiger partial charge in [0.2, 0.25) is 0 Å². The fourth-order valence-electron chi connectivity index (χ4n) is 2.09. The van der Waals surface area contributed by atoms with E-state index in [1.165, 1.54) is 0 Å². The monoisotopic (exact) mass is 350 g/mol. The Morgan fingerprint density at radius 3 is 1.27 bits per heavy atom. The number of benzene rings is 2. The van der Waals surface area contributed by atoms with E-state index in [0.29, 0.717) is 11.4 Å². The van der Waals surface area contributed by atoms with Gasteiger partial charge in [-0.25, -0.2) is 10.9 Å². The van der Waals surface area contributed by atoms with Gasteiger partial charge in [0.1, 0.15) is 0 Å². The summed E-state index contributed by atoms with van der Waals surface area (Å²) in [5.74, 6) is -1.76. The predicted molar refractivity (Wildman–Crippen MR) is 103 cm³/mol. The summed E-state index contributed by atoms with van der Waals surface area (Å²) in [6.07, 6.45) is 0.